The molecular weight excluding hydrogens is 436 g/mol. The molecular formula is C28H26N6O. The van der Waals surface area contributed by atoms with Gasteiger partial charge in [0, 0.05) is 31.1 Å². The Bertz CT molecular complexity index is 1530. The lowest BCUT2D eigenvalue weighted by Crippen LogP contribution is -2.23. The van der Waals surface area contributed by atoms with Crippen molar-refractivity contribution in [1.82, 2.24) is 19.7 Å². The van der Waals surface area contributed by atoms with E-state index in [4.69, 9.17) is 4.74 Å². The van der Waals surface area contributed by atoms with Crippen molar-refractivity contribution in [3.05, 3.63) is 90.9 Å². The van der Waals surface area contributed by atoms with E-state index < -0.39 is 0 Å². The zero-order valence-corrected chi connectivity index (χ0v) is 20.0. The lowest BCUT2D eigenvalue weighted by Gasteiger charge is -2.20. The molecule has 0 saturated carbocycles. The first-order valence-electron chi connectivity index (χ1n) is 11.7. The first-order valence-corrected chi connectivity index (χ1v) is 11.7. The van der Waals surface area contributed by atoms with Crippen LogP contribution in [0, 0.1) is 0 Å². The number of anilines is 3. The Morgan fingerprint density at radius 3 is 2.57 bits per heavy atom. The van der Waals surface area contributed by atoms with Gasteiger partial charge in [-0.2, -0.15) is 5.10 Å². The molecule has 174 valence electrons. The van der Waals surface area contributed by atoms with Crippen LogP contribution in [-0.4, -0.2) is 33.5 Å². The van der Waals surface area contributed by atoms with Gasteiger partial charge in [-0.1, -0.05) is 32.0 Å². The molecule has 0 atom stereocenters. The Morgan fingerprint density at radius 1 is 0.857 bits per heavy atom. The third kappa shape index (κ3) is 3.85. The number of aromatic nitrogens is 4. The van der Waals surface area contributed by atoms with Gasteiger partial charge in [0.1, 0.15) is 17.0 Å². The highest BCUT2D eigenvalue weighted by Crippen LogP contribution is 2.40. The summed E-state index contributed by atoms with van der Waals surface area (Å²) in [6.07, 6.45) is 5.31. The van der Waals surface area contributed by atoms with Gasteiger partial charge in [-0.15, -0.1) is 0 Å². The molecule has 3 aromatic heterocycles. The summed E-state index contributed by atoms with van der Waals surface area (Å²) in [5.74, 6) is 2.58. The maximum absolute atomic E-state index is 6.26. The van der Waals surface area contributed by atoms with Gasteiger partial charge in [0.15, 0.2) is 5.82 Å². The maximum atomic E-state index is 6.26. The summed E-state index contributed by atoms with van der Waals surface area (Å²) in [6.45, 7) is 5.12. The van der Waals surface area contributed by atoms with Gasteiger partial charge in [-0.05, 0) is 47.9 Å². The largest absolute Gasteiger partial charge is 0.456 e. The van der Waals surface area contributed by atoms with Crippen LogP contribution in [0.4, 0.5) is 17.1 Å². The van der Waals surface area contributed by atoms with Crippen molar-refractivity contribution >= 4 is 28.1 Å². The van der Waals surface area contributed by atoms with E-state index in [0.29, 0.717) is 11.7 Å². The first kappa shape index (κ1) is 21.2. The summed E-state index contributed by atoms with van der Waals surface area (Å²) in [5.41, 5.74) is 6.34. The van der Waals surface area contributed by atoms with Crippen LogP contribution >= 0.6 is 0 Å². The molecule has 0 unspecified atom stereocenters. The summed E-state index contributed by atoms with van der Waals surface area (Å²) in [6, 6.07) is 22.6. The third-order valence-electron chi connectivity index (χ3n) is 6.35. The van der Waals surface area contributed by atoms with Crippen LogP contribution in [0.5, 0.6) is 11.5 Å². The molecule has 2 aromatic carbocycles. The van der Waals surface area contributed by atoms with E-state index >= 15 is 0 Å². The van der Waals surface area contributed by atoms with Crippen LogP contribution in [0.2, 0.25) is 0 Å². The van der Waals surface area contributed by atoms with E-state index in [1.807, 2.05) is 35.1 Å². The molecule has 0 N–H and O–H groups in total. The Kier molecular flexibility index (Phi) is 5.10. The average Bonchev–Trinajstić information content (AvgIpc) is 3.45. The highest BCUT2D eigenvalue weighted by Gasteiger charge is 2.24. The van der Waals surface area contributed by atoms with Crippen molar-refractivity contribution in [1.29, 1.82) is 0 Å². The van der Waals surface area contributed by atoms with Crippen LogP contribution in [0.1, 0.15) is 25.3 Å². The molecule has 0 saturated heterocycles. The number of fused-ring (bicyclic) bond motifs is 2. The van der Waals surface area contributed by atoms with Gasteiger partial charge in [-0.25, -0.2) is 14.6 Å². The number of hydrogen-bond donors (Lipinski definition) is 0. The number of ether oxygens (including phenoxy) is 1. The molecule has 1 aliphatic rings. The molecule has 0 radical (unpaired) electrons. The summed E-state index contributed by atoms with van der Waals surface area (Å²) >= 11 is 0. The van der Waals surface area contributed by atoms with E-state index in [0.717, 1.165) is 35.0 Å². The Balaban J connectivity index is 1.31. The average molecular weight is 463 g/mol. The fourth-order valence-corrected chi connectivity index (χ4v) is 4.49. The smallest absolute Gasteiger partial charge is 0.154 e. The van der Waals surface area contributed by atoms with Crippen LogP contribution in [0.3, 0.4) is 0 Å². The monoisotopic (exact) mass is 462 g/mol. The molecule has 5 aromatic rings. The van der Waals surface area contributed by atoms with E-state index in [9.17, 15) is 0 Å². The van der Waals surface area contributed by atoms with Gasteiger partial charge in [0.25, 0.3) is 0 Å². The van der Waals surface area contributed by atoms with Crippen LogP contribution < -0.4 is 14.5 Å². The Labute approximate surface area is 204 Å². The van der Waals surface area contributed by atoms with Crippen LogP contribution in [0.15, 0.2) is 85.3 Å². The maximum Gasteiger partial charge on any atom is 0.154 e. The van der Waals surface area contributed by atoms with Crippen molar-refractivity contribution in [2.24, 2.45) is 0 Å². The number of benzene rings is 2. The Hall–Kier alpha value is -4.39. The highest BCUT2D eigenvalue weighted by molar-refractivity contribution is 5.82. The molecule has 35 heavy (non-hydrogen) atoms. The first-order chi connectivity index (χ1) is 17.1. The van der Waals surface area contributed by atoms with E-state index in [-0.39, 0.29) is 0 Å². The predicted octanol–water partition coefficient (Wildman–Crippen LogP) is 6.28. The van der Waals surface area contributed by atoms with Gasteiger partial charge in [0.05, 0.1) is 36.0 Å². The molecule has 0 fully saturated rings. The minimum Gasteiger partial charge on any atom is -0.456 e. The molecule has 6 rings (SSSR count). The summed E-state index contributed by atoms with van der Waals surface area (Å²) in [4.78, 5) is 13.6. The molecule has 0 aliphatic carbocycles. The molecule has 0 amide bonds. The second-order valence-electron chi connectivity index (χ2n) is 9.09. The second kappa shape index (κ2) is 8.43. The fraction of sp³-hybridized carbons (Fsp3) is 0.179. The van der Waals surface area contributed by atoms with Crippen molar-refractivity contribution in [2.45, 2.75) is 19.8 Å². The van der Waals surface area contributed by atoms with Crippen molar-refractivity contribution in [3.63, 3.8) is 0 Å². The third-order valence-corrected chi connectivity index (χ3v) is 6.35. The van der Waals surface area contributed by atoms with Crippen molar-refractivity contribution in [3.8, 4) is 17.3 Å². The molecule has 1 aliphatic heterocycles. The van der Waals surface area contributed by atoms with Gasteiger partial charge < -0.3 is 14.5 Å². The van der Waals surface area contributed by atoms with Gasteiger partial charge in [-0.3, -0.25) is 0 Å². The second-order valence-corrected chi connectivity index (χ2v) is 9.09. The van der Waals surface area contributed by atoms with Crippen LogP contribution in [-0.2, 0) is 0 Å². The summed E-state index contributed by atoms with van der Waals surface area (Å²) in [5, 5.41) is 4.53. The number of hydrogen-bond acceptors (Lipinski definition) is 6. The van der Waals surface area contributed by atoms with Crippen molar-refractivity contribution < 1.29 is 4.74 Å². The molecule has 0 spiro atoms. The van der Waals surface area contributed by atoms with E-state index in [2.05, 4.69) is 88.2 Å². The summed E-state index contributed by atoms with van der Waals surface area (Å²) in [7, 11) is 2.11. The standard InChI is InChI=1S/C28H26N6O/c1-19(2)20-11-12-29-28(13-20)34-27-15-23(16-30-24(27)17-31-34)35-22-8-6-7-21(14-22)33-18-32(3)25-9-4-5-10-26(25)33/h4-17,19H,18H2,1-3H3. The fourth-order valence-electron chi connectivity index (χ4n) is 4.49. The molecule has 7 nitrogen and oxygen atoms in total. The molecule has 7 heteroatoms. The van der Waals surface area contributed by atoms with Crippen molar-refractivity contribution in [2.75, 3.05) is 23.5 Å². The summed E-state index contributed by atoms with van der Waals surface area (Å²) < 4.78 is 8.07. The van der Waals surface area contributed by atoms with E-state index in [1.165, 1.54) is 16.9 Å². The molecule has 4 heterocycles. The quantitative estimate of drug-likeness (QED) is 0.306. The number of pyridine rings is 2. The highest BCUT2D eigenvalue weighted by atomic mass is 16.5. The SMILES string of the molecule is CC(C)c1ccnc(-n2ncc3ncc(Oc4cccc(N5CN(C)c6ccccc65)c4)cc32)c1. The minimum atomic E-state index is 0.408. The van der Waals surface area contributed by atoms with Gasteiger partial charge in [0.2, 0.25) is 0 Å². The normalized spacial score (nSPS) is 13.0. The molecule has 0 bridgehead atoms. The number of para-hydroxylation sites is 2. The number of nitrogens with zero attached hydrogens (tertiary/aromatic N) is 6. The Morgan fingerprint density at radius 2 is 1.71 bits per heavy atom. The lowest BCUT2D eigenvalue weighted by molar-refractivity contribution is 0.481. The zero-order chi connectivity index (χ0) is 23.9. The lowest BCUT2D eigenvalue weighted by atomic mass is 10.1. The zero-order valence-electron chi connectivity index (χ0n) is 20.0. The topological polar surface area (TPSA) is 59.3 Å². The number of rotatable bonds is 5. The minimum absolute atomic E-state index is 0.408. The van der Waals surface area contributed by atoms with Gasteiger partial charge >= 0.3 is 0 Å². The predicted molar refractivity (Wildman–Crippen MR) is 139 cm³/mol. The van der Waals surface area contributed by atoms with Crippen LogP contribution in [0.25, 0.3) is 16.9 Å². The van der Waals surface area contributed by atoms with E-state index in [1.54, 1.807) is 12.4 Å².